The van der Waals surface area contributed by atoms with E-state index in [1.165, 1.54) is 113 Å². The molecule has 4 aliphatic carbocycles. The molecule has 0 atom stereocenters. The number of carbonyl (C=O) groups excluding carboxylic acids is 3. The summed E-state index contributed by atoms with van der Waals surface area (Å²) < 4.78 is 70.7. The molecule has 1 aromatic carbocycles. The number of anilines is 1. The monoisotopic (exact) mass is 1410 g/mol. The van der Waals surface area contributed by atoms with Gasteiger partial charge >= 0.3 is 0 Å². The van der Waals surface area contributed by atoms with Crippen molar-refractivity contribution in [1.29, 1.82) is 0 Å². The number of ether oxygens (including phenoxy) is 1. The summed E-state index contributed by atoms with van der Waals surface area (Å²) in [6.07, 6.45) is 43.0. The summed E-state index contributed by atoms with van der Waals surface area (Å²) in [5.74, 6) is 1.33. The first-order valence-electron chi connectivity index (χ1n) is 25.8. The van der Waals surface area contributed by atoms with Gasteiger partial charge < -0.3 is 24.3 Å². The van der Waals surface area contributed by atoms with Crippen molar-refractivity contribution < 1.29 is 110 Å². The molecule has 7 fully saturated rings. The first-order chi connectivity index (χ1) is 40.3. The number of allylic oxidation sites excluding steroid dienone is 9. The molecule has 14 nitrogen and oxygen atoms in total. The minimum Gasteiger partial charge on any atom is -0.462 e. The van der Waals surface area contributed by atoms with Gasteiger partial charge in [-0.1, -0.05) is 202 Å². The Kier molecular flexibility index (Phi) is 48.6. The molecule has 0 radical (unpaired) electrons. The van der Waals surface area contributed by atoms with Gasteiger partial charge in [0.15, 0.2) is 13.0 Å². The number of rotatable bonds is 15. The molecule has 0 unspecified atom stereocenters. The maximum absolute atomic E-state index is 12.6. The van der Waals surface area contributed by atoms with Gasteiger partial charge in [-0.2, -0.15) is 0 Å². The Labute approximate surface area is 531 Å². The van der Waals surface area contributed by atoms with Crippen LogP contribution >= 0.6 is 71.9 Å². The molecule has 0 spiro atoms. The Morgan fingerprint density at radius 3 is 1.27 bits per heavy atom. The summed E-state index contributed by atoms with van der Waals surface area (Å²) in [5, 5.41) is 2.86. The standard InChI is InChI=1S/C23H22N2O4S2.2C11H13NO3S2.2C5H10.4F2.FH.Ru/c1-5-27-29-25-22(26)21(31-23(25)30)18-14-16(2)28-20(15-18)9-7-6-8-17-10-12-19(13-11-17)24(3)4;2*1-2-14-15-12-10(13)9(17-11(12)16)7-8-5-3-4-6-8;2*1-2-4-5-3-1;4*1-2;;/h5-15H,1H2,2-4H3;2*2,7-8H,1,3-6H2;2*1-5H2;;;;;1H;/b8-6+,9-7+,21-18+;2*9-7+;;;;;;;;. The van der Waals surface area contributed by atoms with Crippen molar-refractivity contribution in [3.05, 3.63) is 143 Å². The molecular formula is C55H69F9N4O10RuS6. The summed E-state index contributed by atoms with van der Waals surface area (Å²) in [6.45, 7) is 11.8. The van der Waals surface area contributed by atoms with Crippen molar-refractivity contribution in [3.8, 4) is 0 Å². The summed E-state index contributed by atoms with van der Waals surface area (Å²) in [6, 6.07) is 8.25. The van der Waals surface area contributed by atoms with Crippen molar-refractivity contribution in [2.45, 2.75) is 122 Å². The van der Waals surface area contributed by atoms with Crippen LogP contribution in [-0.2, 0) is 68.2 Å². The van der Waals surface area contributed by atoms with Gasteiger partial charge in [0.2, 0.25) is 0 Å². The van der Waals surface area contributed by atoms with Gasteiger partial charge in [0, 0.05) is 81.4 Å². The van der Waals surface area contributed by atoms with Gasteiger partial charge in [-0.15, -0.1) is 15.2 Å². The second-order valence-corrected chi connectivity index (χ2v) is 23.0. The third-order valence-corrected chi connectivity index (χ3v) is 16.1. The van der Waals surface area contributed by atoms with E-state index in [0.29, 0.717) is 52.3 Å². The SMILES string of the molecule is C1CCCC1.C1CCCC1.C=COON1C(=O)/C(=C2/C=C(C)OC(/C=C/C=C/c3ccc(N(C)C)cc3)=C2)SC1=S.C=COON1C(=O)/C(=C\C2CCCC2)SC1=S.C=COON1C(=O)/C(=C\C2CCCC2)SC1=S.F.FF.FF.FF.FF.[Ru]. The zero-order chi connectivity index (χ0) is 62.0. The molecular weight excluding hydrogens is 1340 g/mol. The van der Waals surface area contributed by atoms with E-state index in [1.54, 1.807) is 12.2 Å². The first kappa shape index (κ1) is 82.3. The van der Waals surface area contributed by atoms with E-state index in [4.69, 9.17) is 92.9 Å². The average Bonchev–Trinajstić information content (AvgIpc) is 4.56. The van der Waals surface area contributed by atoms with Crippen LogP contribution in [0.5, 0.6) is 0 Å². The Morgan fingerprint density at radius 1 is 0.553 bits per heavy atom. The molecule has 85 heavy (non-hydrogen) atoms. The third kappa shape index (κ3) is 30.6. The molecule has 1 aromatic rings. The fraction of sp³-hybridized carbons (Fsp3) is 0.418. The number of hydrogen-bond donors (Lipinski definition) is 0. The van der Waals surface area contributed by atoms with Crippen LogP contribution in [0.4, 0.5) is 47.0 Å². The van der Waals surface area contributed by atoms with Gasteiger partial charge in [0.1, 0.15) is 30.3 Å². The summed E-state index contributed by atoms with van der Waals surface area (Å²) >= 11 is 18.9. The number of hydrogen-bond acceptors (Lipinski definition) is 17. The number of halogens is 9. The molecule has 0 N–H and O–H groups in total. The maximum atomic E-state index is 12.6. The van der Waals surface area contributed by atoms with Crippen LogP contribution in [-0.4, -0.2) is 60.0 Å². The van der Waals surface area contributed by atoms with Crippen molar-refractivity contribution in [2.75, 3.05) is 19.0 Å². The van der Waals surface area contributed by atoms with Gasteiger partial charge in [0.25, 0.3) is 17.7 Å². The Hall–Kier alpha value is -4.78. The van der Waals surface area contributed by atoms with E-state index in [2.05, 4.69) is 63.6 Å². The number of thiocarbonyl (C=S) groups is 3. The molecule has 0 aromatic heterocycles. The molecule has 476 valence electrons. The third-order valence-electron chi connectivity index (χ3n) is 12.1. The fourth-order valence-electron chi connectivity index (χ4n) is 8.39. The van der Waals surface area contributed by atoms with Gasteiger partial charge in [-0.25, -0.2) is 0 Å². The van der Waals surface area contributed by atoms with E-state index < -0.39 is 5.91 Å². The average molecular weight is 1410 g/mol. The molecule has 3 saturated heterocycles. The van der Waals surface area contributed by atoms with Crippen LogP contribution in [0.15, 0.2) is 137 Å². The predicted octanol–water partition coefficient (Wildman–Crippen LogP) is 18.5. The zero-order valence-electron chi connectivity index (χ0n) is 46.8. The number of nitrogens with zero attached hydrogens (tertiary/aromatic N) is 4. The van der Waals surface area contributed by atoms with E-state index in [1.807, 2.05) is 57.5 Å². The minimum atomic E-state index is -0.404. The van der Waals surface area contributed by atoms with E-state index in [-0.39, 0.29) is 40.3 Å². The van der Waals surface area contributed by atoms with Crippen LogP contribution in [0, 0.1) is 11.8 Å². The van der Waals surface area contributed by atoms with E-state index >= 15 is 0 Å². The summed E-state index contributed by atoms with van der Waals surface area (Å²) in [7, 11) is 4.02. The van der Waals surface area contributed by atoms with Crippen molar-refractivity contribution in [1.82, 2.24) is 15.2 Å². The molecule has 0 bridgehead atoms. The van der Waals surface area contributed by atoms with Crippen LogP contribution < -0.4 is 4.90 Å². The second-order valence-electron chi connectivity index (χ2n) is 18.0. The quantitative estimate of drug-likeness (QED) is 0.0241. The van der Waals surface area contributed by atoms with Crippen LogP contribution in [0.25, 0.3) is 6.08 Å². The van der Waals surface area contributed by atoms with E-state index in [9.17, 15) is 14.4 Å². The largest absolute Gasteiger partial charge is 0.462 e. The molecule has 3 amide bonds. The van der Waals surface area contributed by atoms with E-state index in [0.717, 1.165) is 82.7 Å². The molecule has 4 aliphatic heterocycles. The number of thioether (sulfide) groups is 3. The Balaban J connectivity index is 0. The molecule has 4 saturated carbocycles. The maximum Gasteiger partial charge on any atom is 0.294 e. The summed E-state index contributed by atoms with van der Waals surface area (Å²) in [5.41, 5.74) is 2.93. The van der Waals surface area contributed by atoms with Gasteiger partial charge in [-0.3, -0.25) is 19.1 Å². The normalized spacial score (nSPS) is 19.5. The molecule has 30 heteroatoms. The smallest absolute Gasteiger partial charge is 0.294 e. The second kappa shape index (κ2) is 50.2. The number of benzene rings is 1. The Bertz CT molecular complexity index is 2360. The zero-order valence-corrected chi connectivity index (χ0v) is 53.4. The van der Waals surface area contributed by atoms with Crippen molar-refractivity contribution in [2.24, 2.45) is 11.8 Å². The van der Waals surface area contributed by atoms with Crippen LogP contribution in [0.1, 0.15) is 128 Å². The number of amides is 3. The minimum absolute atomic E-state index is 0. The van der Waals surface area contributed by atoms with Crippen LogP contribution in [0.2, 0.25) is 0 Å². The molecule has 8 aliphatic rings. The van der Waals surface area contributed by atoms with Gasteiger partial charge in [0.05, 0.1) is 14.7 Å². The van der Waals surface area contributed by atoms with Gasteiger partial charge in [-0.05, 0) is 117 Å². The predicted molar refractivity (Wildman–Crippen MR) is 325 cm³/mol. The fourth-order valence-corrected chi connectivity index (χ4v) is 11.9. The Morgan fingerprint density at radius 2 is 0.906 bits per heavy atom. The summed E-state index contributed by atoms with van der Waals surface area (Å²) in [4.78, 5) is 68.2. The molecule has 9 rings (SSSR count). The van der Waals surface area contributed by atoms with Crippen molar-refractivity contribution >= 4 is 114 Å². The first-order valence-corrected chi connectivity index (χ1v) is 29.5. The van der Waals surface area contributed by atoms with Crippen molar-refractivity contribution in [3.63, 3.8) is 0 Å². The molecule has 4 heterocycles. The number of hydroxylamine groups is 6. The van der Waals surface area contributed by atoms with Crippen LogP contribution in [0.3, 0.4) is 0 Å². The topological polar surface area (TPSA) is 129 Å². The number of carbonyl (C=O) groups is 3.